The predicted molar refractivity (Wildman–Crippen MR) is 45.2 cm³/mol. The van der Waals surface area contributed by atoms with Crippen molar-refractivity contribution >= 4 is 37.8 Å². The Morgan fingerprint density at radius 1 is 1.60 bits per heavy atom. The van der Waals surface area contributed by atoms with Crippen molar-refractivity contribution in [3.8, 4) is 0 Å². The third-order valence-electron chi connectivity index (χ3n) is 1.50. The molecule has 1 saturated carbocycles. The third kappa shape index (κ3) is 2.09. The van der Waals surface area contributed by atoms with Gasteiger partial charge in [-0.05, 0) is 44.2 Å². The van der Waals surface area contributed by atoms with Gasteiger partial charge in [0.25, 0.3) is 0 Å². The molecule has 1 fully saturated rings. The molecule has 0 aromatic rings. The maximum atomic E-state index is 10.3. The smallest absolute Gasteiger partial charge is 0.307 e. The van der Waals surface area contributed by atoms with Crippen LogP contribution in [-0.2, 0) is 4.79 Å². The molecule has 0 aromatic heterocycles. The second-order valence-corrected chi connectivity index (χ2v) is 5.07. The van der Waals surface area contributed by atoms with E-state index in [4.69, 9.17) is 5.11 Å². The molecule has 0 bridgehead atoms. The Labute approximate surface area is 75.6 Å². The van der Waals surface area contributed by atoms with Crippen molar-refractivity contribution in [3.63, 3.8) is 0 Å². The highest BCUT2D eigenvalue weighted by atomic mass is 79.9. The van der Waals surface area contributed by atoms with E-state index in [1.54, 1.807) is 0 Å². The lowest BCUT2D eigenvalue weighted by atomic mass is 10.3. The molecule has 1 aliphatic carbocycles. The fourth-order valence-electron chi connectivity index (χ4n) is 0.845. The summed E-state index contributed by atoms with van der Waals surface area (Å²) in [5, 5.41) is 8.48. The highest BCUT2D eigenvalue weighted by molar-refractivity contribution is 9.28. The minimum Gasteiger partial charge on any atom is -0.481 e. The van der Waals surface area contributed by atoms with Gasteiger partial charge in [0, 0.05) is 0 Å². The SMILES string of the molecule is O=C(O)[C@@H]1C[C@@H]1C=C(Br)Br. The highest BCUT2D eigenvalue weighted by Crippen LogP contribution is 2.41. The number of carboxylic acids is 1. The van der Waals surface area contributed by atoms with E-state index in [9.17, 15) is 4.79 Å². The quantitative estimate of drug-likeness (QED) is 0.836. The van der Waals surface area contributed by atoms with E-state index in [-0.39, 0.29) is 11.8 Å². The summed E-state index contributed by atoms with van der Waals surface area (Å²) in [6.07, 6.45) is 2.65. The van der Waals surface area contributed by atoms with Crippen molar-refractivity contribution in [3.05, 3.63) is 9.47 Å². The zero-order valence-electron chi connectivity index (χ0n) is 5.05. The molecular formula is C6H6Br2O2. The Morgan fingerprint density at radius 3 is 2.50 bits per heavy atom. The molecule has 2 nitrogen and oxygen atoms in total. The topological polar surface area (TPSA) is 37.3 Å². The van der Waals surface area contributed by atoms with Crippen LogP contribution >= 0.6 is 31.9 Å². The summed E-state index contributed by atoms with van der Waals surface area (Å²) >= 11 is 6.35. The maximum Gasteiger partial charge on any atom is 0.307 e. The molecule has 0 aromatic carbocycles. The average molecular weight is 270 g/mol. The first-order valence-electron chi connectivity index (χ1n) is 2.87. The van der Waals surface area contributed by atoms with Gasteiger partial charge in [0.05, 0.1) is 9.31 Å². The van der Waals surface area contributed by atoms with Gasteiger partial charge in [-0.2, -0.15) is 0 Å². The summed E-state index contributed by atoms with van der Waals surface area (Å²) in [5.74, 6) is -0.612. The molecule has 0 unspecified atom stereocenters. The van der Waals surface area contributed by atoms with E-state index in [2.05, 4.69) is 31.9 Å². The summed E-state index contributed by atoms with van der Waals surface area (Å²) in [6.45, 7) is 0. The van der Waals surface area contributed by atoms with Crippen LogP contribution in [0.25, 0.3) is 0 Å². The second-order valence-electron chi connectivity index (χ2n) is 2.30. The molecule has 0 heterocycles. The van der Waals surface area contributed by atoms with Gasteiger partial charge in [-0.1, -0.05) is 6.08 Å². The number of aliphatic carboxylic acids is 1. The lowest BCUT2D eigenvalue weighted by Crippen LogP contribution is -1.97. The zero-order valence-corrected chi connectivity index (χ0v) is 8.22. The molecular weight excluding hydrogens is 264 g/mol. The fourth-order valence-corrected chi connectivity index (χ4v) is 1.52. The van der Waals surface area contributed by atoms with Gasteiger partial charge in [0.15, 0.2) is 0 Å². The number of carbonyl (C=O) groups is 1. The van der Waals surface area contributed by atoms with Crippen molar-refractivity contribution < 1.29 is 9.90 Å². The van der Waals surface area contributed by atoms with Crippen LogP contribution in [0.5, 0.6) is 0 Å². The van der Waals surface area contributed by atoms with Gasteiger partial charge in [0.2, 0.25) is 0 Å². The molecule has 0 saturated heterocycles. The molecule has 56 valence electrons. The number of halogens is 2. The standard InChI is InChI=1S/C6H6Br2O2/c7-5(8)2-3-1-4(3)6(9)10/h2-4H,1H2,(H,9,10)/t3-,4-/m1/s1. The molecule has 0 aliphatic heterocycles. The van der Waals surface area contributed by atoms with Crippen LogP contribution in [0.4, 0.5) is 0 Å². The number of hydrogen-bond acceptors (Lipinski definition) is 1. The van der Waals surface area contributed by atoms with Crippen molar-refractivity contribution in [2.24, 2.45) is 11.8 Å². The normalized spacial score (nSPS) is 29.4. The number of carboxylic acid groups (broad SMARTS) is 1. The summed E-state index contributed by atoms with van der Waals surface area (Å²) < 4.78 is 0.841. The largest absolute Gasteiger partial charge is 0.481 e. The molecule has 10 heavy (non-hydrogen) atoms. The van der Waals surface area contributed by atoms with Crippen LogP contribution in [0.15, 0.2) is 9.47 Å². The summed E-state index contributed by atoms with van der Waals surface area (Å²) in [4.78, 5) is 10.3. The molecule has 0 radical (unpaired) electrons. The zero-order chi connectivity index (χ0) is 7.72. The molecule has 1 aliphatic rings. The molecule has 0 amide bonds. The molecule has 1 rings (SSSR count). The third-order valence-corrected chi connectivity index (χ3v) is 2.03. The summed E-state index contributed by atoms with van der Waals surface area (Å²) in [5.41, 5.74) is 0. The monoisotopic (exact) mass is 268 g/mol. The van der Waals surface area contributed by atoms with E-state index in [1.165, 1.54) is 0 Å². The van der Waals surface area contributed by atoms with Crippen LogP contribution in [0.2, 0.25) is 0 Å². The summed E-state index contributed by atoms with van der Waals surface area (Å²) in [6, 6.07) is 0. The van der Waals surface area contributed by atoms with E-state index < -0.39 is 5.97 Å². The first kappa shape index (κ1) is 8.27. The van der Waals surface area contributed by atoms with Crippen molar-refractivity contribution in [1.29, 1.82) is 0 Å². The van der Waals surface area contributed by atoms with Crippen LogP contribution in [0.3, 0.4) is 0 Å². The maximum absolute atomic E-state index is 10.3. The van der Waals surface area contributed by atoms with Crippen LogP contribution in [0, 0.1) is 11.8 Å². The molecule has 1 N–H and O–H groups in total. The lowest BCUT2D eigenvalue weighted by molar-refractivity contribution is -0.138. The second kappa shape index (κ2) is 3.05. The van der Waals surface area contributed by atoms with Crippen LogP contribution in [-0.4, -0.2) is 11.1 Å². The molecule has 4 heteroatoms. The van der Waals surface area contributed by atoms with E-state index in [0.29, 0.717) is 0 Å². The highest BCUT2D eigenvalue weighted by Gasteiger charge is 2.41. The van der Waals surface area contributed by atoms with Crippen molar-refractivity contribution in [2.45, 2.75) is 6.42 Å². The summed E-state index contributed by atoms with van der Waals surface area (Å²) in [7, 11) is 0. The Kier molecular flexibility index (Phi) is 2.52. The Bertz CT molecular complexity index is 184. The fraction of sp³-hybridized carbons (Fsp3) is 0.500. The molecule has 0 spiro atoms. The van der Waals surface area contributed by atoms with Gasteiger partial charge in [-0.25, -0.2) is 0 Å². The van der Waals surface area contributed by atoms with Crippen LogP contribution in [0.1, 0.15) is 6.42 Å². The first-order valence-corrected chi connectivity index (χ1v) is 4.45. The molecule has 2 atom stereocenters. The number of hydrogen-bond donors (Lipinski definition) is 1. The lowest BCUT2D eigenvalue weighted by Gasteiger charge is -1.85. The van der Waals surface area contributed by atoms with Crippen LogP contribution < -0.4 is 0 Å². The number of rotatable bonds is 2. The van der Waals surface area contributed by atoms with E-state index in [1.807, 2.05) is 6.08 Å². The van der Waals surface area contributed by atoms with Gasteiger partial charge >= 0.3 is 5.97 Å². The van der Waals surface area contributed by atoms with Crippen molar-refractivity contribution in [2.75, 3.05) is 0 Å². The number of allylic oxidation sites excluding steroid dienone is 1. The van der Waals surface area contributed by atoms with E-state index in [0.717, 1.165) is 9.81 Å². The van der Waals surface area contributed by atoms with Gasteiger partial charge in [-0.15, -0.1) is 0 Å². The van der Waals surface area contributed by atoms with Gasteiger partial charge in [-0.3, -0.25) is 4.79 Å². The minimum absolute atomic E-state index is 0.148. The Morgan fingerprint density at radius 2 is 2.20 bits per heavy atom. The van der Waals surface area contributed by atoms with Gasteiger partial charge < -0.3 is 5.11 Å². The minimum atomic E-state index is -0.692. The Hall–Kier alpha value is 0.170. The predicted octanol–water partition coefficient (Wildman–Crippen LogP) is 2.34. The first-order chi connectivity index (χ1) is 4.61. The van der Waals surface area contributed by atoms with E-state index >= 15 is 0 Å². The average Bonchev–Trinajstić information content (AvgIpc) is 2.43. The Balaban J connectivity index is 2.40. The van der Waals surface area contributed by atoms with Crippen molar-refractivity contribution in [1.82, 2.24) is 0 Å². The van der Waals surface area contributed by atoms with Gasteiger partial charge in [0.1, 0.15) is 0 Å².